The number of likely N-dealkylation sites (tertiary alicyclic amines) is 1. The van der Waals surface area contributed by atoms with Crippen LogP contribution in [0.15, 0.2) is 54.7 Å². The molecular formula is C20H19N3O2. The predicted molar refractivity (Wildman–Crippen MR) is 97.2 cm³/mol. The second-order valence-electron chi connectivity index (χ2n) is 6.33. The number of aromatic amines is 1. The summed E-state index contributed by atoms with van der Waals surface area (Å²) < 4.78 is 0. The van der Waals surface area contributed by atoms with Gasteiger partial charge in [0.1, 0.15) is 6.04 Å². The highest BCUT2D eigenvalue weighted by atomic mass is 16.2. The number of carbonyl (C=O) groups is 2. The van der Waals surface area contributed by atoms with E-state index in [-0.39, 0.29) is 11.8 Å². The zero-order valence-electron chi connectivity index (χ0n) is 14.0. The molecule has 0 unspecified atom stereocenters. The number of rotatable bonds is 4. The second-order valence-corrected chi connectivity index (χ2v) is 6.33. The predicted octanol–water partition coefficient (Wildman–Crippen LogP) is 3.39. The number of fused-ring (bicyclic) bond motifs is 1. The van der Waals surface area contributed by atoms with Crippen LogP contribution >= 0.6 is 0 Å². The Morgan fingerprint density at radius 1 is 1.16 bits per heavy atom. The van der Waals surface area contributed by atoms with Crippen molar-refractivity contribution in [2.24, 2.45) is 0 Å². The Morgan fingerprint density at radius 3 is 2.64 bits per heavy atom. The van der Waals surface area contributed by atoms with Gasteiger partial charge in [0.15, 0.2) is 0 Å². The van der Waals surface area contributed by atoms with E-state index in [0.717, 1.165) is 27.7 Å². The Bertz CT molecular complexity index is 960. The number of para-hydroxylation sites is 2. The molecule has 2 N–H and O–H groups in total. The van der Waals surface area contributed by atoms with Crippen LogP contribution in [0.5, 0.6) is 0 Å². The smallest absolute Gasteiger partial charge is 0.251 e. The zero-order valence-corrected chi connectivity index (χ0v) is 14.0. The Labute approximate surface area is 145 Å². The van der Waals surface area contributed by atoms with Crippen LogP contribution in [0.3, 0.4) is 0 Å². The number of nitrogens with zero attached hydrogens (tertiary/aromatic N) is 1. The molecule has 5 nitrogen and oxygen atoms in total. The molecule has 1 saturated heterocycles. The summed E-state index contributed by atoms with van der Waals surface area (Å²) in [4.78, 5) is 30.0. The standard InChI is InChI=1S/C20H19N3O2/c1-13-6-2-4-8-16(13)22-20(25)19(23-11-10-18(23)24)15-12-21-17-9-5-3-7-14(15)17/h2-9,12,19,21H,10-11H2,1H3,(H,22,25)/t19-/m1/s1. The lowest BCUT2D eigenvalue weighted by Gasteiger charge is -2.37. The summed E-state index contributed by atoms with van der Waals surface area (Å²) in [5.41, 5.74) is 3.54. The summed E-state index contributed by atoms with van der Waals surface area (Å²) in [5.74, 6) is -0.178. The number of carbonyl (C=O) groups excluding carboxylic acids is 2. The molecule has 1 fully saturated rings. The molecule has 1 atom stereocenters. The topological polar surface area (TPSA) is 65.2 Å². The molecule has 126 valence electrons. The number of H-pyrrole nitrogens is 1. The average Bonchev–Trinajstić information content (AvgIpc) is 3.03. The van der Waals surface area contributed by atoms with Crippen molar-refractivity contribution in [3.63, 3.8) is 0 Å². The number of nitrogens with one attached hydrogen (secondary N) is 2. The van der Waals surface area contributed by atoms with Gasteiger partial charge in [-0.1, -0.05) is 36.4 Å². The molecule has 0 aliphatic carbocycles. The molecule has 0 radical (unpaired) electrons. The van der Waals surface area contributed by atoms with Gasteiger partial charge in [0.05, 0.1) is 0 Å². The van der Waals surface area contributed by atoms with Crippen molar-refractivity contribution in [2.75, 3.05) is 11.9 Å². The van der Waals surface area contributed by atoms with Gasteiger partial charge in [0.25, 0.3) is 5.91 Å². The van der Waals surface area contributed by atoms with Crippen LogP contribution in [0.2, 0.25) is 0 Å². The van der Waals surface area contributed by atoms with Crippen LogP contribution in [0.25, 0.3) is 10.9 Å². The van der Waals surface area contributed by atoms with Crippen LogP contribution in [0.4, 0.5) is 5.69 Å². The first kappa shape index (κ1) is 15.4. The summed E-state index contributed by atoms with van der Waals surface area (Å²) >= 11 is 0. The van der Waals surface area contributed by atoms with E-state index in [1.807, 2.05) is 61.7 Å². The van der Waals surface area contributed by atoms with Crippen LogP contribution in [0, 0.1) is 6.92 Å². The fourth-order valence-electron chi connectivity index (χ4n) is 3.29. The molecule has 3 aromatic rings. The minimum atomic E-state index is -0.628. The molecule has 2 amide bonds. The maximum atomic E-state index is 13.1. The van der Waals surface area contributed by atoms with E-state index >= 15 is 0 Å². The summed E-state index contributed by atoms with van der Waals surface area (Å²) in [6.45, 7) is 2.55. The number of anilines is 1. The number of β-lactam (4-membered cyclic amide) rings is 1. The van der Waals surface area contributed by atoms with Crippen LogP contribution < -0.4 is 5.32 Å². The van der Waals surface area contributed by atoms with Crippen molar-refractivity contribution < 1.29 is 9.59 Å². The van der Waals surface area contributed by atoms with Crippen LogP contribution in [-0.4, -0.2) is 28.2 Å². The van der Waals surface area contributed by atoms with E-state index in [4.69, 9.17) is 0 Å². The molecule has 4 rings (SSSR count). The van der Waals surface area contributed by atoms with Gasteiger partial charge in [0, 0.05) is 41.3 Å². The van der Waals surface area contributed by atoms with Gasteiger partial charge in [-0.05, 0) is 24.6 Å². The Hall–Kier alpha value is -3.08. The van der Waals surface area contributed by atoms with Crippen molar-refractivity contribution in [1.29, 1.82) is 0 Å². The van der Waals surface area contributed by atoms with E-state index in [1.165, 1.54) is 0 Å². The lowest BCUT2D eigenvalue weighted by molar-refractivity contribution is -0.147. The van der Waals surface area contributed by atoms with Gasteiger partial charge >= 0.3 is 0 Å². The summed E-state index contributed by atoms with van der Waals surface area (Å²) in [6.07, 6.45) is 2.33. The first-order valence-corrected chi connectivity index (χ1v) is 8.37. The molecule has 2 aromatic carbocycles. The Morgan fingerprint density at radius 2 is 1.92 bits per heavy atom. The number of benzene rings is 2. The highest BCUT2D eigenvalue weighted by Crippen LogP contribution is 2.33. The maximum absolute atomic E-state index is 13.1. The zero-order chi connectivity index (χ0) is 17.4. The quantitative estimate of drug-likeness (QED) is 0.719. The van der Waals surface area contributed by atoms with Gasteiger partial charge in [-0.15, -0.1) is 0 Å². The van der Waals surface area contributed by atoms with Gasteiger partial charge in [0.2, 0.25) is 5.91 Å². The molecule has 1 aromatic heterocycles. The first-order chi connectivity index (χ1) is 12.1. The third-order valence-electron chi connectivity index (χ3n) is 4.77. The number of hydrogen-bond acceptors (Lipinski definition) is 2. The maximum Gasteiger partial charge on any atom is 0.251 e. The number of aromatic nitrogens is 1. The lowest BCUT2D eigenvalue weighted by atomic mass is 9.99. The van der Waals surface area contributed by atoms with E-state index in [0.29, 0.717) is 13.0 Å². The Balaban J connectivity index is 1.73. The Kier molecular flexibility index (Phi) is 3.76. The average molecular weight is 333 g/mol. The van der Waals surface area contributed by atoms with E-state index in [2.05, 4.69) is 10.3 Å². The minimum absolute atomic E-state index is 0.00946. The third-order valence-corrected chi connectivity index (χ3v) is 4.77. The number of amides is 2. The SMILES string of the molecule is Cc1ccccc1NC(=O)[C@@H](c1c[nH]c2ccccc12)N1CCC1=O. The van der Waals surface area contributed by atoms with Gasteiger partial charge in [-0.2, -0.15) is 0 Å². The van der Waals surface area contributed by atoms with Crippen molar-refractivity contribution in [1.82, 2.24) is 9.88 Å². The molecule has 25 heavy (non-hydrogen) atoms. The molecule has 1 aliphatic heterocycles. The van der Waals surface area contributed by atoms with Crippen molar-refractivity contribution >= 4 is 28.4 Å². The highest BCUT2D eigenvalue weighted by molar-refractivity contribution is 6.02. The van der Waals surface area contributed by atoms with Gasteiger partial charge < -0.3 is 15.2 Å². The lowest BCUT2D eigenvalue weighted by Crippen LogP contribution is -2.49. The molecule has 1 aliphatic rings. The first-order valence-electron chi connectivity index (χ1n) is 8.37. The molecular weight excluding hydrogens is 314 g/mol. The van der Waals surface area contributed by atoms with Crippen LogP contribution in [-0.2, 0) is 9.59 Å². The molecule has 2 heterocycles. The normalized spacial score (nSPS) is 15.1. The molecule has 5 heteroatoms. The molecule has 0 saturated carbocycles. The van der Waals surface area contributed by atoms with Crippen LogP contribution in [0.1, 0.15) is 23.6 Å². The fourth-order valence-corrected chi connectivity index (χ4v) is 3.29. The monoisotopic (exact) mass is 333 g/mol. The second kappa shape index (κ2) is 6.09. The molecule has 0 bridgehead atoms. The van der Waals surface area contributed by atoms with E-state index in [9.17, 15) is 9.59 Å². The van der Waals surface area contributed by atoms with Crippen molar-refractivity contribution in [3.8, 4) is 0 Å². The minimum Gasteiger partial charge on any atom is -0.361 e. The summed E-state index contributed by atoms with van der Waals surface area (Å²) in [6, 6.07) is 14.8. The summed E-state index contributed by atoms with van der Waals surface area (Å²) in [7, 11) is 0. The van der Waals surface area contributed by atoms with Gasteiger partial charge in [-0.25, -0.2) is 0 Å². The van der Waals surface area contributed by atoms with E-state index in [1.54, 1.807) is 4.90 Å². The number of aryl methyl sites for hydroxylation is 1. The highest BCUT2D eigenvalue weighted by Gasteiger charge is 2.38. The van der Waals surface area contributed by atoms with Crippen molar-refractivity contribution in [3.05, 3.63) is 65.9 Å². The number of hydrogen-bond donors (Lipinski definition) is 2. The van der Waals surface area contributed by atoms with E-state index < -0.39 is 6.04 Å². The largest absolute Gasteiger partial charge is 0.361 e. The summed E-state index contributed by atoms with van der Waals surface area (Å²) in [5, 5.41) is 3.95. The van der Waals surface area contributed by atoms with Crippen molar-refractivity contribution in [2.45, 2.75) is 19.4 Å². The third kappa shape index (κ3) is 2.67. The fraction of sp³-hybridized carbons (Fsp3) is 0.200. The van der Waals surface area contributed by atoms with Gasteiger partial charge in [-0.3, -0.25) is 9.59 Å². The molecule has 0 spiro atoms.